The minimum absolute atomic E-state index is 0.377. The van der Waals surface area contributed by atoms with Crippen LogP contribution < -0.4 is 4.74 Å². The Morgan fingerprint density at radius 3 is 2.95 bits per heavy atom. The average molecular weight is 309 g/mol. The van der Waals surface area contributed by atoms with E-state index in [4.69, 9.17) is 16.3 Å². The lowest BCUT2D eigenvalue weighted by Crippen LogP contribution is -2.19. The number of hydrogen-bond acceptors (Lipinski definition) is 4. The molecular formula is C15H21ClN4O. The van der Waals surface area contributed by atoms with Crippen molar-refractivity contribution >= 4 is 22.8 Å². The number of alkyl halides is 1. The lowest BCUT2D eigenvalue weighted by atomic mass is 9.82. The van der Waals surface area contributed by atoms with E-state index >= 15 is 0 Å². The Kier molecular flexibility index (Phi) is 4.29. The average Bonchev–Trinajstić information content (AvgIpc) is 2.85. The first kappa shape index (κ1) is 14.6. The van der Waals surface area contributed by atoms with Gasteiger partial charge < -0.3 is 9.30 Å². The van der Waals surface area contributed by atoms with E-state index in [1.165, 1.54) is 32.0 Å². The Balaban J connectivity index is 1.96. The van der Waals surface area contributed by atoms with Crippen LogP contribution in [0.25, 0.3) is 11.2 Å². The van der Waals surface area contributed by atoms with Gasteiger partial charge in [0.05, 0.1) is 13.0 Å². The van der Waals surface area contributed by atoms with E-state index in [9.17, 15) is 0 Å². The molecule has 2 aromatic heterocycles. The van der Waals surface area contributed by atoms with E-state index in [2.05, 4.69) is 26.4 Å². The fraction of sp³-hybridized carbons (Fsp3) is 0.667. The van der Waals surface area contributed by atoms with Gasteiger partial charge >= 0.3 is 0 Å². The molecule has 2 heterocycles. The highest BCUT2D eigenvalue weighted by Gasteiger charge is 2.23. The molecule has 1 fully saturated rings. The molecule has 0 aromatic carbocycles. The molecule has 6 heteroatoms. The minimum Gasteiger partial charge on any atom is -0.479 e. The van der Waals surface area contributed by atoms with Crippen molar-refractivity contribution in [2.24, 2.45) is 11.8 Å². The van der Waals surface area contributed by atoms with Crippen LogP contribution in [0.2, 0.25) is 0 Å². The first-order valence-corrected chi connectivity index (χ1v) is 8.06. The van der Waals surface area contributed by atoms with Gasteiger partial charge in [-0.05, 0) is 24.7 Å². The lowest BCUT2D eigenvalue weighted by molar-refractivity contribution is 0.257. The van der Waals surface area contributed by atoms with Crippen LogP contribution in [0, 0.1) is 11.8 Å². The smallest absolute Gasteiger partial charge is 0.245 e. The summed E-state index contributed by atoms with van der Waals surface area (Å²) in [5.74, 6) is 3.23. The number of methoxy groups -OCH3 is 1. The fourth-order valence-corrected chi connectivity index (χ4v) is 3.59. The summed E-state index contributed by atoms with van der Waals surface area (Å²) >= 11 is 6.07. The van der Waals surface area contributed by atoms with Gasteiger partial charge in [0, 0.05) is 6.54 Å². The summed E-state index contributed by atoms with van der Waals surface area (Å²) in [6.45, 7) is 3.27. The maximum Gasteiger partial charge on any atom is 0.245 e. The van der Waals surface area contributed by atoms with Gasteiger partial charge in [0.15, 0.2) is 11.2 Å². The molecule has 1 aliphatic rings. The highest BCUT2D eigenvalue weighted by atomic mass is 35.5. The van der Waals surface area contributed by atoms with E-state index in [-0.39, 0.29) is 0 Å². The summed E-state index contributed by atoms with van der Waals surface area (Å²) in [4.78, 5) is 13.1. The topological polar surface area (TPSA) is 52.8 Å². The van der Waals surface area contributed by atoms with Gasteiger partial charge in [0.25, 0.3) is 0 Å². The molecule has 0 radical (unpaired) electrons. The van der Waals surface area contributed by atoms with Crippen molar-refractivity contribution in [3.05, 3.63) is 12.2 Å². The van der Waals surface area contributed by atoms with Crippen molar-refractivity contribution in [1.82, 2.24) is 19.5 Å². The molecule has 0 amide bonds. The predicted molar refractivity (Wildman–Crippen MR) is 82.6 cm³/mol. The first-order valence-electron chi connectivity index (χ1n) is 7.53. The van der Waals surface area contributed by atoms with Crippen LogP contribution in [0.15, 0.2) is 6.33 Å². The van der Waals surface area contributed by atoms with Crippen LogP contribution in [-0.2, 0) is 12.4 Å². The molecule has 114 valence electrons. The predicted octanol–water partition coefficient (Wildman–Crippen LogP) is 3.40. The highest BCUT2D eigenvalue weighted by Crippen LogP contribution is 2.31. The van der Waals surface area contributed by atoms with Gasteiger partial charge in [-0.2, -0.15) is 4.98 Å². The minimum atomic E-state index is 0.377. The second-order valence-corrected chi connectivity index (χ2v) is 6.23. The molecule has 0 N–H and O–H groups in total. The molecule has 0 spiro atoms. The molecule has 0 saturated heterocycles. The zero-order valence-corrected chi connectivity index (χ0v) is 13.3. The van der Waals surface area contributed by atoms with Crippen LogP contribution in [-0.4, -0.2) is 26.6 Å². The summed E-state index contributed by atoms with van der Waals surface area (Å²) in [5.41, 5.74) is 1.54. The van der Waals surface area contributed by atoms with Crippen LogP contribution in [0.5, 0.6) is 5.88 Å². The molecule has 21 heavy (non-hydrogen) atoms. The standard InChI is InChI=1S/C15H21ClN4O/c1-10-4-3-5-11(6-10)8-20-12(7-16)19-13-14(20)17-9-18-15(13)21-2/h9-11H,3-8H2,1-2H3. The third kappa shape index (κ3) is 2.84. The van der Waals surface area contributed by atoms with E-state index in [1.807, 2.05) is 0 Å². The number of ether oxygens (including phenoxy) is 1. The van der Waals surface area contributed by atoms with Gasteiger partial charge in [-0.3, -0.25) is 0 Å². The lowest BCUT2D eigenvalue weighted by Gasteiger charge is -2.27. The van der Waals surface area contributed by atoms with E-state index in [0.717, 1.165) is 23.9 Å². The second-order valence-electron chi connectivity index (χ2n) is 5.97. The van der Waals surface area contributed by atoms with Gasteiger partial charge in [-0.15, -0.1) is 11.6 Å². The monoisotopic (exact) mass is 308 g/mol. The Hall–Kier alpha value is -1.36. The van der Waals surface area contributed by atoms with Crippen molar-refractivity contribution in [1.29, 1.82) is 0 Å². The van der Waals surface area contributed by atoms with Crippen LogP contribution in [0.4, 0.5) is 0 Å². The fourth-order valence-electron chi connectivity index (χ4n) is 3.39. The molecule has 1 aliphatic carbocycles. The van der Waals surface area contributed by atoms with Gasteiger partial charge in [-0.1, -0.05) is 19.8 Å². The van der Waals surface area contributed by atoms with Gasteiger partial charge in [-0.25, -0.2) is 9.97 Å². The SMILES string of the molecule is COc1ncnc2c1nc(CCl)n2CC1CCCC(C)C1. The quantitative estimate of drug-likeness (QED) is 0.812. The third-order valence-corrected chi connectivity index (χ3v) is 4.62. The highest BCUT2D eigenvalue weighted by molar-refractivity contribution is 6.16. The summed E-state index contributed by atoms with van der Waals surface area (Å²) in [7, 11) is 1.60. The van der Waals surface area contributed by atoms with Crippen LogP contribution in [0.1, 0.15) is 38.4 Å². The molecule has 3 rings (SSSR count). The normalized spacial score (nSPS) is 22.6. The van der Waals surface area contributed by atoms with E-state index in [0.29, 0.717) is 23.2 Å². The van der Waals surface area contributed by atoms with E-state index < -0.39 is 0 Å². The summed E-state index contributed by atoms with van der Waals surface area (Å²) in [6.07, 6.45) is 6.73. The van der Waals surface area contributed by atoms with Crippen molar-refractivity contribution in [3.63, 3.8) is 0 Å². The largest absolute Gasteiger partial charge is 0.479 e. The van der Waals surface area contributed by atoms with E-state index in [1.54, 1.807) is 7.11 Å². The Morgan fingerprint density at radius 2 is 2.24 bits per heavy atom. The zero-order chi connectivity index (χ0) is 14.8. The number of aromatic nitrogens is 4. The maximum atomic E-state index is 6.07. The molecule has 2 atom stereocenters. The number of imidazole rings is 1. The number of fused-ring (bicyclic) bond motifs is 1. The zero-order valence-electron chi connectivity index (χ0n) is 12.5. The number of rotatable bonds is 4. The molecule has 2 aromatic rings. The summed E-state index contributed by atoms with van der Waals surface area (Å²) < 4.78 is 7.43. The number of hydrogen-bond donors (Lipinski definition) is 0. The molecular weight excluding hydrogens is 288 g/mol. The third-order valence-electron chi connectivity index (χ3n) is 4.38. The summed E-state index contributed by atoms with van der Waals surface area (Å²) in [5, 5.41) is 0. The second kappa shape index (κ2) is 6.18. The number of nitrogens with zero attached hydrogens (tertiary/aromatic N) is 4. The Labute approximate surface area is 129 Å². The molecule has 2 unspecified atom stereocenters. The van der Waals surface area contributed by atoms with Gasteiger partial charge in [0.2, 0.25) is 5.88 Å². The molecule has 1 saturated carbocycles. The van der Waals surface area contributed by atoms with Crippen molar-refractivity contribution in [3.8, 4) is 5.88 Å². The van der Waals surface area contributed by atoms with Crippen molar-refractivity contribution < 1.29 is 4.74 Å². The van der Waals surface area contributed by atoms with Crippen molar-refractivity contribution in [2.75, 3.05) is 7.11 Å². The molecule has 0 bridgehead atoms. The van der Waals surface area contributed by atoms with Crippen LogP contribution >= 0.6 is 11.6 Å². The molecule has 5 nitrogen and oxygen atoms in total. The van der Waals surface area contributed by atoms with Crippen LogP contribution in [0.3, 0.4) is 0 Å². The van der Waals surface area contributed by atoms with Crippen molar-refractivity contribution in [2.45, 2.75) is 45.0 Å². The summed E-state index contributed by atoms with van der Waals surface area (Å²) in [6, 6.07) is 0. The Bertz CT molecular complexity index is 627. The first-order chi connectivity index (χ1) is 10.2. The van der Waals surface area contributed by atoms with Gasteiger partial charge in [0.1, 0.15) is 12.2 Å². The molecule has 0 aliphatic heterocycles. The number of halogens is 1. The maximum absolute atomic E-state index is 6.07. The Morgan fingerprint density at radius 1 is 1.38 bits per heavy atom.